The monoisotopic (exact) mass is 527 g/mol. The lowest BCUT2D eigenvalue weighted by molar-refractivity contribution is -0.274. The van der Waals surface area contributed by atoms with E-state index in [1.807, 2.05) is 0 Å². The Morgan fingerprint density at radius 3 is 2.37 bits per heavy atom. The minimum absolute atomic E-state index is 0.0182. The molecule has 0 radical (unpaired) electrons. The molecule has 0 spiro atoms. The summed E-state index contributed by atoms with van der Waals surface area (Å²) in [7, 11) is 0. The first kappa shape index (κ1) is 26.1. The van der Waals surface area contributed by atoms with E-state index in [2.05, 4.69) is 25.5 Å². The number of halogens is 3. The number of aromatic carboxylic acids is 1. The fraction of sp³-hybridized carbons (Fsp3) is 0.160. The molecule has 3 N–H and O–H groups in total. The number of benzene rings is 2. The molecule has 196 valence electrons. The zero-order valence-electron chi connectivity index (χ0n) is 19.7. The Morgan fingerprint density at radius 1 is 0.974 bits per heavy atom. The summed E-state index contributed by atoms with van der Waals surface area (Å²) >= 11 is 0. The molecule has 0 saturated heterocycles. The number of alkyl halides is 3. The number of hydrogen-bond acceptors (Lipinski definition) is 6. The molecule has 2 aromatic carbocycles. The zero-order chi connectivity index (χ0) is 27.4. The predicted molar refractivity (Wildman–Crippen MR) is 127 cm³/mol. The fourth-order valence-corrected chi connectivity index (χ4v) is 3.67. The largest absolute Gasteiger partial charge is 0.573 e. The van der Waals surface area contributed by atoms with E-state index in [9.17, 15) is 27.6 Å². The third-order valence-electron chi connectivity index (χ3n) is 5.38. The van der Waals surface area contributed by atoms with Gasteiger partial charge in [0.15, 0.2) is 5.65 Å². The summed E-state index contributed by atoms with van der Waals surface area (Å²) in [6, 6.07) is 12.6. The lowest BCUT2D eigenvalue weighted by atomic mass is 10.1. The highest BCUT2D eigenvalue weighted by Crippen LogP contribution is 2.23. The van der Waals surface area contributed by atoms with Crippen molar-refractivity contribution in [1.29, 1.82) is 0 Å². The molecule has 0 aliphatic heterocycles. The van der Waals surface area contributed by atoms with E-state index >= 15 is 0 Å². The summed E-state index contributed by atoms with van der Waals surface area (Å²) in [4.78, 5) is 41.1. The van der Waals surface area contributed by atoms with E-state index in [0.29, 0.717) is 16.7 Å². The number of nitrogens with zero attached hydrogens (tertiary/aromatic N) is 3. The molecular formula is C25H20F3N5O5. The second-order valence-corrected chi connectivity index (χ2v) is 8.14. The van der Waals surface area contributed by atoms with Crippen molar-refractivity contribution in [2.24, 2.45) is 0 Å². The molecule has 0 aliphatic rings. The molecule has 0 atom stereocenters. The van der Waals surface area contributed by atoms with Crippen LogP contribution in [0.2, 0.25) is 0 Å². The Labute approximate surface area is 213 Å². The number of fused-ring (bicyclic) bond motifs is 1. The van der Waals surface area contributed by atoms with Crippen molar-refractivity contribution in [2.75, 3.05) is 0 Å². The molecule has 0 aliphatic carbocycles. The van der Waals surface area contributed by atoms with Gasteiger partial charge in [0.05, 0.1) is 11.8 Å². The maximum Gasteiger partial charge on any atom is 0.573 e. The summed E-state index contributed by atoms with van der Waals surface area (Å²) in [5.74, 6) is -2.70. The minimum atomic E-state index is -4.84. The highest BCUT2D eigenvalue weighted by molar-refractivity contribution is 5.98. The summed E-state index contributed by atoms with van der Waals surface area (Å²) in [5.41, 5.74) is 1.86. The molecule has 2 aromatic heterocycles. The Morgan fingerprint density at radius 2 is 1.68 bits per heavy atom. The molecule has 2 heterocycles. The summed E-state index contributed by atoms with van der Waals surface area (Å²) in [6.07, 6.45) is -3.44. The van der Waals surface area contributed by atoms with E-state index in [-0.39, 0.29) is 35.7 Å². The molecule has 10 nitrogen and oxygen atoms in total. The van der Waals surface area contributed by atoms with Crippen LogP contribution in [0.1, 0.15) is 48.0 Å². The first-order valence-corrected chi connectivity index (χ1v) is 11.1. The van der Waals surface area contributed by atoms with Crippen LogP contribution in [0.25, 0.3) is 5.65 Å². The summed E-state index contributed by atoms with van der Waals surface area (Å²) < 4.78 is 42.5. The standard InChI is InChI=1S/C25H20F3N5O5/c1-14-9-16(5-6-18(14)24(36)37)13-30-23(35)20-11-19(32-21-7-8-31-33(20)21)22(34)29-12-15-3-2-4-17(10-15)38-25(26,27)28/h2-11H,12-13H2,1H3,(H,29,34)(H,30,35)(H,36,37). The van der Waals surface area contributed by atoms with Crippen LogP contribution in [-0.2, 0) is 13.1 Å². The first-order valence-electron chi connectivity index (χ1n) is 11.1. The molecule has 4 rings (SSSR count). The van der Waals surface area contributed by atoms with Crippen molar-refractivity contribution in [3.05, 3.63) is 94.4 Å². The van der Waals surface area contributed by atoms with Gasteiger partial charge in [-0.3, -0.25) is 9.59 Å². The van der Waals surface area contributed by atoms with Gasteiger partial charge in [-0.15, -0.1) is 13.2 Å². The van der Waals surface area contributed by atoms with Gasteiger partial charge in [-0.25, -0.2) is 14.3 Å². The SMILES string of the molecule is Cc1cc(CNC(=O)c2cc(C(=O)NCc3cccc(OC(F)(F)F)c3)nc3ccnn23)ccc1C(=O)O. The molecule has 2 amide bonds. The number of hydrogen-bond donors (Lipinski definition) is 3. The minimum Gasteiger partial charge on any atom is -0.478 e. The van der Waals surface area contributed by atoms with E-state index in [1.165, 1.54) is 41.0 Å². The van der Waals surface area contributed by atoms with Gasteiger partial charge in [0.25, 0.3) is 11.8 Å². The van der Waals surface area contributed by atoms with Crippen LogP contribution in [0.3, 0.4) is 0 Å². The van der Waals surface area contributed by atoms with Crippen LogP contribution in [0.5, 0.6) is 5.75 Å². The average molecular weight is 527 g/mol. The Hall–Kier alpha value is -4.94. The molecule has 0 fully saturated rings. The highest BCUT2D eigenvalue weighted by atomic mass is 19.4. The number of nitrogens with one attached hydrogen (secondary N) is 2. The number of aromatic nitrogens is 3. The molecule has 13 heteroatoms. The maximum absolute atomic E-state index is 13.0. The van der Waals surface area contributed by atoms with Gasteiger partial charge in [0, 0.05) is 25.2 Å². The second-order valence-electron chi connectivity index (χ2n) is 8.14. The van der Waals surface area contributed by atoms with Crippen LogP contribution in [0.4, 0.5) is 13.2 Å². The van der Waals surface area contributed by atoms with E-state index in [0.717, 1.165) is 12.1 Å². The number of carboxylic acids is 1. The number of ether oxygens (including phenoxy) is 1. The molecule has 0 saturated carbocycles. The van der Waals surface area contributed by atoms with Gasteiger partial charge in [-0.05, 0) is 41.8 Å². The topological polar surface area (TPSA) is 135 Å². The third kappa shape index (κ3) is 6.24. The smallest absolute Gasteiger partial charge is 0.478 e. The van der Waals surface area contributed by atoms with Crippen molar-refractivity contribution < 1.29 is 37.4 Å². The third-order valence-corrected chi connectivity index (χ3v) is 5.38. The predicted octanol–water partition coefficient (Wildman–Crippen LogP) is 3.49. The Bertz CT molecular complexity index is 1530. The number of carbonyl (C=O) groups excluding carboxylic acids is 2. The average Bonchev–Trinajstić information content (AvgIpc) is 3.33. The van der Waals surface area contributed by atoms with Crippen molar-refractivity contribution in [3.8, 4) is 5.75 Å². The van der Waals surface area contributed by atoms with Crippen LogP contribution < -0.4 is 15.4 Å². The molecule has 38 heavy (non-hydrogen) atoms. The Balaban J connectivity index is 1.48. The normalized spacial score (nSPS) is 11.3. The molecule has 0 unspecified atom stereocenters. The quantitative estimate of drug-likeness (QED) is 0.319. The second kappa shape index (κ2) is 10.6. The van der Waals surface area contributed by atoms with Gasteiger partial charge in [-0.1, -0.05) is 24.3 Å². The number of carboxylic acid groups (broad SMARTS) is 1. The summed E-state index contributed by atoms with van der Waals surface area (Å²) in [5, 5.41) is 18.5. The van der Waals surface area contributed by atoms with Crippen LogP contribution >= 0.6 is 0 Å². The number of carbonyl (C=O) groups is 3. The zero-order valence-corrected chi connectivity index (χ0v) is 19.7. The van der Waals surface area contributed by atoms with Gasteiger partial charge < -0.3 is 20.5 Å². The molecule has 0 bridgehead atoms. The van der Waals surface area contributed by atoms with Crippen molar-refractivity contribution in [1.82, 2.24) is 25.2 Å². The Kier molecular flexibility index (Phi) is 7.28. The van der Waals surface area contributed by atoms with Gasteiger partial charge in [0.1, 0.15) is 17.1 Å². The first-order chi connectivity index (χ1) is 18.0. The highest BCUT2D eigenvalue weighted by Gasteiger charge is 2.31. The number of aryl methyl sites for hydroxylation is 1. The van der Waals surface area contributed by atoms with Crippen molar-refractivity contribution in [2.45, 2.75) is 26.4 Å². The van der Waals surface area contributed by atoms with Crippen molar-refractivity contribution in [3.63, 3.8) is 0 Å². The molecular weight excluding hydrogens is 507 g/mol. The van der Waals surface area contributed by atoms with E-state index < -0.39 is 29.9 Å². The lowest BCUT2D eigenvalue weighted by Crippen LogP contribution is -2.28. The van der Waals surface area contributed by atoms with E-state index in [1.54, 1.807) is 19.1 Å². The summed E-state index contributed by atoms with van der Waals surface area (Å²) in [6.45, 7) is 1.62. The van der Waals surface area contributed by atoms with Gasteiger partial charge in [0.2, 0.25) is 0 Å². The fourth-order valence-electron chi connectivity index (χ4n) is 3.67. The molecule has 4 aromatic rings. The maximum atomic E-state index is 13.0. The van der Waals surface area contributed by atoms with Crippen molar-refractivity contribution >= 4 is 23.4 Å². The van der Waals surface area contributed by atoms with Crippen LogP contribution in [-0.4, -0.2) is 43.9 Å². The number of rotatable bonds is 8. The van der Waals surface area contributed by atoms with Crippen LogP contribution in [0.15, 0.2) is 60.8 Å². The van der Waals surface area contributed by atoms with Crippen LogP contribution in [0, 0.1) is 6.92 Å². The van der Waals surface area contributed by atoms with Gasteiger partial charge in [-0.2, -0.15) is 5.10 Å². The number of amides is 2. The van der Waals surface area contributed by atoms with Gasteiger partial charge >= 0.3 is 12.3 Å². The lowest BCUT2D eigenvalue weighted by Gasteiger charge is -2.11. The van der Waals surface area contributed by atoms with E-state index in [4.69, 9.17) is 5.11 Å².